The molecule has 0 aliphatic rings. The molecule has 0 aromatic heterocycles. The third-order valence-corrected chi connectivity index (χ3v) is 2.00. The smallest absolute Gasteiger partial charge is 0.0882 e. The molecule has 1 unspecified atom stereocenters. The normalized spacial score (nSPS) is 16.4. The van der Waals surface area contributed by atoms with Gasteiger partial charge in [-0.1, -0.05) is 19.8 Å². The van der Waals surface area contributed by atoms with Crippen molar-refractivity contribution < 1.29 is 9.47 Å². The third-order valence-electron chi connectivity index (χ3n) is 2.00. The van der Waals surface area contributed by atoms with Crippen molar-refractivity contribution in [3.05, 3.63) is 0 Å². The number of methoxy groups -OCH3 is 2. The van der Waals surface area contributed by atoms with E-state index in [0.29, 0.717) is 6.61 Å². The molecular weight excluding hydrogens is 140 g/mol. The van der Waals surface area contributed by atoms with Crippen molar-refractivity contribution in [1.82, 2.24) is 0 Å². The molecule has 0 aliphatic carbocycles. The van der Waals surface area contributed by atoms with Crippen LogP contribution in [0.2, 0.25) is 0 Å². The van der Waals surface area contributed by atoms with Gasteiger partial charge in [-0.05, 0) is 13.3 Å². The molecule has 0 fully saturated rings. The van der Waals surface area contributed by atoms with Gasteiger partial charge >= 0.3 is 0 Å². The first-order valence-electron chi connectivity index (χ1n) is 4.22. The molecule has 0 radical (unpaired) electrons. The fourth-order valence-electron chi connectivity index (χ4n) is 1.09. The van der Waals surface area contributed by atoms with Crippen molar-refractivity contribution in [1.29, 1.82) is 0 Å². The van der Waals surface area contributed by atoms with Gasteiger partial charge in [0.2, 0.25) is 0 Å². The molecule has 2 nitrogen and oxygen atoms in total. The zero-order valence-corrected chi connectivity index (χ0v) is 8.14. The molecule has 0 saturated carbocycles. The zero-order valence-electron chi connectivity index (χ0n) is 8.14. The third kappa shape index (κ3) is 4.38. The van der Waals surface area contributed by atoms with Gasteiger partial charge in [-0.25, -0.2) is 0 Å². The van der Waals surface area contributed by atoms with E-state index in [1.165, 1.54) is 12.8 Å². The van der Waals surface area contributed by atoms with Gasteiger partial charge in [0.15, 0.2) is 0 Å². The standard InChI is InChI=1S/C9H20O2/c1-5-6-7-9(2,11-4)8-10-3/h5-8H2,1-4H3. The molecule has 0 amide bonds. The zero-order chi connectivity index (χ0) is 8.74. The van der Waals surface area contributed by atoms with Crippen molar-refractivity contribution in [3.8, 4) is 0 Å². The molecule has 0 rings (SSSR count). The molecule has 2 heteroatoms. The van der Waals surface area contributed by atoms with Crippen LogP contribution < -0.4 is 0 Å². The van der Waals surface area contributed by atoms with E-state index >= 15 is 0 Å². The Balaban J connectivity index is 3.68. The van der Waals surface area contributed by atoms with Crippen LogP contribution in [0.3, 0.4) is 0 Å². The molecule has 0 saturated heterocycles. The van der Waals surface area contributed by atoms with E-state index in [-0.39, 0.29) is 5.60 Å². The van der Waals surface area contributed by atoms with Crippen LogP contribution in [0.25, 0.3) is 0 Å². The van der Waals surface area contributed by atoms with Crippen molar-refractivity contribution >= 4 is 0 Å². The van der Waals surface area contributed by atoms with E-state index < -0.39 is 0 Å². The number of hydrogen-bond acceptors (Lipinski definition) is 2. The minimum absolute atomic E-state index is 0.0786. The Morgan fingerprint density at radius 1 is 1.27 bits per heavy atom. The summed E-state index contributed by atoms with van der Waals surface area (Å²) in [5.74, 6) is 0. The Kier molecular flexibility index (Phi) is 5.51. The van der Waals surface area contributed by atoms with Crippen LogP contribution in [0.1, 0.15) is 33.1 Å². The van der Waals surface area contributed by atoms with Crippen molar-refractivity contribution in [2.24, 2.45) is 0 Å². The Labute approximate surface area is 69.9 Å². The number of unbranched alkanes of at least 4 members (excludes halogenated alkanes) is 1. The van der Waals surface area contributed by atoms with Gasteiger partial charge in [-0.15, -0.1) is 0 Å². The van der Waals surface area contributed by atoms with Crippen molar-refractivity contribution in [2.75, 3.05) is 20.8 Å². The van der Waals surface area contributed by atoms with Crippen LogP contribution in [0, 0.1) is 0 Å². The first kappa shape index (κ1) is 10.9. The second-order valence-corrected chi connectivity index (χ2v) is 3.19. The predicted octanol–water partition coefficient (Wildman–Crippen LogP) is 2.23. The molecule has 1 atom stereocenters. The highest BCUT2D eigenvalue weighted by Gasteiger charge is 2.22. The summed E-state index contributed by atoms with van der Waals surface area (Å²) in [5.41, 5.74) is -0.0786. The highest BCUT2D eigenvalue weighted by Crippen LogP contribution is 2.17. The summed E-state index contributed by atoms with van der Waals surface area (Å²) >= 11 is 0. The SMILES string of the molecule is CCCCC(C)(COC)OC. The number of rotatable bonds is 6. The quantitative estimate of drug-likeness (QED) is 0.593. The fraction of sp³-hybridized carbons (Fsp3) is 1.00. The number of hydrogen-bond donors (Lipinski definition) is 0. The van der Waals surface area contributed by atoms with Gasteiger partial charge in [-0.3, -0.25) is 0 Å². The van der Waals surface area contributed by atoms with Crippen molar-refractivity contribution in [3.63, 3.8) is 0 Å². The summed E-state index contributed by atoms with van der Waals surface area (Å²) in [5, 5.41) is 0. The molecule has 0 bridgehead atoms. The molecule has 11 heavy (non-hydrogen) atoms. The lowest BCUT2D eigenvalue weighted by molar-refractivity contribution is -0.0571. The van der Waals surface area contributed by atoms with Crippen LogP contribution in [0.5, 0.6) is 0 Å². The molecule has 0 aliphatic heterocycles. The highest BCUT2D eigenvalue weighted by molar-refractivity contribution is 4.73. The van der Waals surface area contributed by atoms with E-state index in [4.69, 9.17) is 9.47 Å². The van der Waals surface area contributed by atoms with Crippen LogP contribution in [-0.2, 0) is 9.47 Å². The molecular formula is C9H20O2. The summed E-state index contributed by atoms with van der Waals surface area (Å²) in [7, 11) is 3.46. The van der Waals surface area contributed by atoms with Gasteiger partial charge in [0.05, 0.1) is 12.2 Å². The summed E-state index contributed by atoms with van der Waals surface area (Å²) < 4.78 is 10.4. The maximum atomic E-state index is 5.36. The Morgan fingerprint density at radius 3 is 2.27 bits per heavy atom. The minimum atomic E-state index is -0.0786. The van der Waals surface area contributed by atoms with E-state index in [0.717, 1.165) is 6.42 Å². The monoisotopic (exact) mass is 160 g/mol. The molecule has 0 heterocycles. The molecule has 0 aromatic carbocycles. The first-order valence-corrected chi connectivity index (χ1v) is 4.22. The van der Waals surface area contributed by atoms with E-state index in [1.807, 2.05) is 0 Å². The molecule has 0 spiro atoms. The van der Waals surface area contributed by atoms with E-state index in [2.05, 4.69) is 13.8 Å². The van der Waals surface area contributed by atoms with Crippen LogP contribution in [0.4, 0.5) is 0 Å². The summed E-state index contributed by atoms with van der Waals surface area (Å²) in [6.07, 6.45) is 3.49. The Hall–Kier alpha value is -0.0800. The lowest BCUT2D eigenvalue weighted by atomic mass is 10.0. The summed E-state index contributed by atoms with van der Waals surface area (Å²) in [6.45, 7) is 4.96. The Morgan fingerprint density at radius 2 is 1.91 bits per heavy atom. The highest BCUT2D eigenvalue weighted by atomic mass is 16.5. The van der Waals surface area contributed by atoms with Crippen LogP contribution >= 0.6 is 0 Å². The average molecular weight is 160 g/mol. The lowest BCUT2D eigenvalue weighted by Crippen LogP contribution is -2.32. The van der Waals surface area contributed by atoms with Crippen molar-refractivity contribution in [2.45, 2.75) is 38.7 Å². The number of ether oxygens (including phenoxy) is 2. The summed E-state index contributed by atoms with van der Waals surface area (Å²) in [4.78, 5) is 0. The van der Waals surface area contributed by atoms with Crippen LogP contribution in [-0.4, -0.2) is 26.4 Å². The topological polar surface area (TPSA) is 18.5 Å². The fourth-order valence-corrected chi connectivity index (χ4v) is 1.09. The van der Waals surface area contributed by atoms with Gasteiger partial charge in [0, 0.05) is 14.2 Å². The van der Waals surface area contributed by atoms with Crippen LogP contribution in [0.15, 0.2) is 0 Å². The van der Waals surface area contributed by atoms with Gasteiger partial charge in [-0.2, -0.15) is 0 Å². The van der Waals surface area contributed by atoms with Gasteiger partial charge in [0.25, 0.3) is 0 Å². The summed E-state index contributed by atoms with van der Waals surface area (Å²) in [6, 6.07) is 0. The second-order valence-electron chi connectivity index (χ2n) is 3.19. The molecule has 68 valence electrons. The van der Waals surface area contributed by atoms with E-state index in [1.54, 1.807) is 14.2 Å². The lowest BCUT2D eigenvalue weighted by Gasteiger charge is -2.26. The molecule has 0 aromatic rings. The molecule has 0 N–H and O–H groups in total. The van der Waals surface area contributed by atoms with Gasteiger partial charge in [0.1, 0.15) is 0 Å². The predicted molar refractivity (Wildman–Crippen MR) is 46.8 cm³/mol. The van der Waals surface area contributed by atoms with Gasteiger partial charge < -0.3 is 9.47 Å². The minimum Gasteiger partial charge on any atom is -0.382 e. The maximum absolute atomic E-state index is 5.36. The Bertz CT molecular complexity index is 93.6. The average Bonchev–Trinajstić information content (AvgIpc) is 2.02. The van der Waals surface area contributed by atoms with E-state index in [9.17, 15) is 0 Å². The first-order chi connectivity index (χ1) is 5.18. The largest absolute Gasteiger partial charge is 0.382 e. The second kappa shape index (κ2) is 5.56. The maximum Gasteiger partial charge on any atom is 0.0882 e.